The molecule has 28 heavy (non-hydrogen) atoms. The van der Waals surface area contributed by atoms with Gasteiger partial charge < -0.3 is 20.3 Å². The van der Waals surface area contributed by atoms with Crippen molar-refractivity contribution < 1.29 is 19.2 Å². The van der Waals surface area contributed by atoms with Crippen LogP contribution in [-0.2, 0) is 17.6 Å². The average Bonchev–Trinajstić information content (AvgIpc) is 3.18. The molecule has 0 aliphatic heterocycles. The first-order chi connectivity index (χ1) is 13.5. The maximum Gasteiger partial charge on any atom is 0.315 e. The van der Waals surface area contributed by atoms with E-state index in [1.165, 1.54) is 0 Å². The number of carbonyl (C=O) groups is 2. The minimum atomic E-state index is -0.737. The zero-order chi connectivity index (χ0) is 19.9. The Kier molecular flexibility index (Phi) is 6.62. The number of amides is 2. The Hall–Kier alpha value is -2.90. The molecule has 0 radical (unpaired) electrons. The van der Waals surface area contributed by atoms with E-state index in [0.717, 1.165) is 17.5 Å². The van der Waals surface area contributed by atoms with Gasteiger partial charge in [-0.3, -0.25) is 4.79 Å². The maximum absolute atomic E-state index is 12.0. The summed E-state index contributed by atoms with van der Waals surface area (Å²) in [5.41, 5.74) is 1.97. The van der Waals surface area contributed by atoms with Gasteiger partial charge in [-0.05, 0) is 49.8 Å². The lowest BCUT2D eigenvalue weighted by atomic mass is 9.86. The van der Waals surface area contributed by atoms with E-state index >= 15 is 0 Å². The Morgan fingerprint density at radius 3 is 2.50 bits per heavy atom. The number of aryl methyl sites for hydroxylation is 1. The third-order valence-electron chi connectivity index (χ3n) is 5.10. The number of aliphatic carboxylic acids is 1. The molecule has 8 heteroatoms. The van der Waals surface area contributed by atoms with E-state index in [2.05, 4.69) is 20.8 Å². The number of carbonyl (C=O) groups excluding carboxylic acids is 1. The molecule has 0 saturated heterocycles. The monoisotopic (exact) mass is 386 g/mol. The molecule has 1 fully saturated rings. The highest BCUT2D eigenvalue weighted by molar-refractivity contribution is 5.74. The largest absolute Gasteiger partial charge is 0.481 e. The molecule has 1 heterocycles. The number of carboxylic acid groups (broad SMARTS) is 1. The van der Waals surface area contributed by atoms with Gasteiger partial charge in [-0.2, -0.15) is 4.98 Å². The molecule has 3 rings (SSSR count). The molecule has 1 saturated carbocycles. The predicted molar refractivity (Wildman–Crippen MR) is 103 cm³/mol. The molecule has 2 amide bonds. The minimum absolute atomic E-state index is 0.0531. The summed E-state index contributed by atoms with van der Waals surface area (Å²) in [4.78, 5) is 27.3. The van der Waals surface area contributed by atoms with Crippen molar-refractivity contribution in [2.24, 2.45) is 5.92 Å². The Balaban J connectivity index is 1.39. The second-order valence-corrected chi connectivity index (χ2v) is 7.10. The van der Waals surface area contributed by atoms with Crippen molar-refractivity contribution in [3.8, 4) is 11.5 Å². The van der Waals surface area contributed by atoms with E-state index in [1.54, 1.807) is 0 Å². The van der Waals surface area contributed by atoms with Crippen LogP contribution >= 0.6 is 0 Å². The quantitative estimate of drug-likeness (QED) is 0.673. The number of hydrogen-bond donors (Lipinski definition) is 3. The summed E-state index contributed by atoms with van der Waals surface area (Å²) in [5, 5.41) is 18.7. The highest BCUT2D eigenvalue weighted by Gasteiger charge is 2.26. The van der Waals surface area contributed by atoms with E-state index in [4.69, 9.17) is 9.63 Å². The SMILES string of the molecule is CCc1noc(-c2ccc(CCNC(=O)NC3CCC(C(=O)O)CC3)cc2)n1. The van der Waals surface area contributed by atoms with Gasteiger partial charge in [-0.25, -0.2) is 4.79 Å². The topological polar surface area (TPSA) is 117 Å². The Morgan fingerprint density at radius 2 is 1.89 bits per heavy atom. The summed E-state index contributed by atoms with van der Waals surface area (Å²) >= 11 is 0. The fourth-order valence-corrected chi connectivity index (χ4v) is 3.37. The lowest BCUT2D eigenvalue weighted by Gasteiger charge is -2.26. The fourth-order valence-electron chi connectivity index (χ4n) is 3.37. The first-order valence-electron chi connectivity index (χ1n) is 9.74. The molecule has 8 nitrogen and oxygen atoms in total. The normalized spacial score (nSPS) is 19.2. The van der Waals surface area contributed by atoms with Gasteiger partial charge in [-0.15, -0.1) is 0 Å². The van der Waals surface area contributed by atoms with Gasteiger partial charge in [0, 0.05) is 24.6 Å². The van der Waals surface area contributed by atoms with E-state index in [-0.39, 0.29) is 18.0 Å². The molecule has 0 bridgehead atoms. The highest BCUT2D eigenvalue weighted by atomic mass is 16.5. The molecule has 0 atom stereocenters. The number of aromatic nitrogens is 2. The zero-order valence-electron chi connectivity index (χ0n) is 16.0. The van der Waals surface area contributed by atoms with Crippen molar-refractivity contribution in [1.29, 1.82) is 0 Å². The smallest absolute Gasteiger partial charge is 0.315 e. The number of urea groups is 1. The maximum atomic E-state index is 12.0. The fraction of sp³-hybridized carbons (Fsp3) is 0.500. The zero-order valence-corrected chi connectivity index (χ0v) is 16.0. The molecule has 0 spiro atoms. The van der Waals surface area contributed by atoms with Crippen LogP contribution in [0.3, 0.4) is 0 Å². The molecule has 150 valence electrons. The average molecular weight is 386 g/mol. The summed E-state index contributed by atoms with van der Waals surface area (Å²) in [7, 11) is 0. The van der Waals surface area contributed by atoms with Crippen molar-refractivity contribution in [3.05, 3.63) is 35.7 Å². The second kappa shape index (κ2) is 9.34. The van der Waals surface area contributed by atoms with Crippen LogP contribution in [0.4, 0.5) is 4.79 Å². The lowest BCUT2D eigenvalue weighted by molar-refractivity contribution is -0.142. The van der Waals surface area contributed by atoms with Crippen LogP contribution in [0.25, 0.3) is 11.5 Å². The van der Waals surface area contributed by atoms with Gasteiger partial charge >= 0.3 is 12.0 Å². The predicted octanol–water partition coefficient (Wildman–Crippen LogP) is 2.78. The third-order valence-corrected chi connectivity index (χ3v) is 5.10. The molecule has 1 aromatic carbocycles. The molecule has 1 aromatic heterocycles. The summed E-state index contributed by atoms with van der Waals surface area (Å²) in [6.07, 6.45) is 4.10. The van der Waals surface area contributed by atoms with Crippen LogP contribution in [0, 0.1) is 5.92 Å². The Bertz CT molecular complexity index is 795. The van der Waals surface area contributed by atoms with Crippen LogP contribution < -0.4 is 10.6 Å². The molecule has 3 N–H and O–H groups in total. The van der Waals surface area contributed by atoms with Gasteiger partial charge in [0.25, 0.3) is 5.89 Å². The molecule has 0 unspecified atom stereocenters. The summed E-state index contributed by atoms with van der Waals surface area (Å²) in [6.45, 7) is 2.50. The van der Waals surface area contributed by atoms with Crippen LogP contribution in [0.15, 0.2) is 28.8 Å². The van der Waals surface area contributed by atoms with Crippen molar-refractivity contribution in [1.82, 2.24) is 20.8 Å². The Morgan fingerprint density at radius 1 is 1.18 bits per heavy atom. The second-order valence-electron chi connectivity index (χ2n) is 7.10. The molecule has 2 aromatic rings. The van der Waals surface area contributed by atoms with Crippen molar-refractivity contribution >= 4 is 12.0 Å². The number of nitrogens with zero attached hydrogens (tertiary/aromatic N) is 2. The number of carboxylic acids is 1. The first kappa shape index (κ1) is 19.9. The van der Waals surface area contributed by atoms with Gasteiger partial charge in [0.15, 0.2) is 5.82 Å². The molecule has 1 aliphatic rings. The molecule has 1 aliphatic carbocycles. The van der Waals surface area contributed by atoms with E-state index in [0.29, 0.717) is 50.4 Å². The van der Waals surface area contributed by atoms with Gasteiger partial charge in [0.05, 0.1) is 5.92 Å². The van der Waals surface area contributed by atoms with E-state index < -0.39 is 5.97 Å². The molecular formula is C20H26N4O4. The summed E-state index contributed by atoms with van der Waals surface area (Å²) in [5.74, 6) is 0.188. The Labute approximate surface area is 163 Å². The van der Waals surface area contributed by atoms with Crippen LogP contribution in [0.5, 0.6) is 0 Å². The molecular weight excluding hydrogens is 360 g/mol. The van der Waals surface area contributed by atoms with Gasteiger partial charge in [0.1, 0.15) is 0 Å². The van der Waals surface area contributed by atoms with Crippen LogP contribution in [0.1, 0.15) is 44.0 Å². The lowest BCUT2D eigenvalue weighted by Crippen LogP contribution is -2.44. The van der Waals surface area contributed by atoms with Gasteiger partial charge in [-0.1, -0.05) is 24.2 Å². The highest BCUT2D eigenvalue weighted by Crippen LogP contribution is 2.24. The number of rotatable bonds is 7. The van der Waals surface area contributed by atoms with E-state index in [1.807, 2.05) is 31.2 Å². The minimum Gasteiger partial charge on any atom is -0.481 e. The van der Waals surface area contributed by atoms with Crippen LogP contribution in [0.2, 0.25) is 0 Å². The summed E-state index contributed by atoms with van der Waals surface area (Å²) < 4.78 is 5.23. The number of nitrogens with one attached hydrogen (secondary N) is 2. The third kappa shape index (κ3) is 5.31. The standard InChI is InChI=1S/C20H26N4O4/c1-2-17-23-18(28-24-17)14-5-3-13(4-6-14)11-12-21-20(27)22-16-9-7-15(8-10-16)19(25)26/h3-6,15-16H,2,7-12H2,1H3,(H,25,26)(H2,21,22,27). The van der Waals surface area contributed by atoms with Gasteiger partial charge in [0.2, 0.25) is 0 Å². The number of hydrogen-bond acceptors (Lipinski definition) is 5. The van der Waals surface area contributed by atoms with Crippen molar-refractivity contribution in [2.75, 3.05) is 6.54 Å². The first-order valence-corrected chi connectivity index (χ1v) is 9.74. The van der Waals surface area contributed by atoms with E-state index in [9.17, 15) is 9.59 Å². The van der Waals surface area contributed by atoms with Crippen molar-refractivity contribution in [3.63, 3.8) is 0 Å². The number of benzene rings is 1. The van der Waals surface area contributed by atoms with Crippen LogP contribution in [-0.4, -0.2) is 39.8 Å². The van der Waals surface area contributed by atoms with Crippen molar-refractivity contribution in [2.45, 2.75) is 51.5 Å². The summed E-state index contributed by atoms with van der Waals surface area (Å²) in [6, 6.07) is 7.69.